The fourth-order valence-corrected chi connectivity index (χ4v) is 1.74. The highest BCUT2D eigenvalue weighted by Crippen LogP contribution is 2.24. The number of aromatic carboxylic acids is 1. The molecule has 0 atom stereocenters. The van der Waals surface area contributed by atoms with Crippen molar-refractivity contribution in [3.63, 3.8) is 0 Å². The maximum Gasteiger partial charge on any atom is 0.354 e. The van der Waals surface area contributed by atoms with Crippen molar-refractivity contribution in [1.82, 2.24) is 15.0 Å². The van der Waals surface area contributed by atoms with E-state index in [1.165, 1.54) is 30.4 Å². The van der Waals surface area contributed by atoms with Crippen molar-refractivity contribution < 1.29 is 9.90 Å². The number of carboxylic acids is 1. The second-order valence-corrected chi connectivity index (χ2v) is 3.93. The van der Waals surface area contributed by atoms with Crippen molar-refractivity contribution >= 4 is 17.7 Å². The molecule has 6 heteroatoms. The average molecular weight is 233 g/mol. The molecule has 2 aromatic rings. The van der Waals surface area contributed by atoms with Crippen LogP contribution < -0.4 is 0 Å². The van der Waals surface area contributed by atoms with Crippen LogP contribution in [0.5, 0.6) is 0 Å². The van der Waals surface area contributed by atoms with Gasteiger partial charge in [0.15, 0.2) is 0 Å². The molecule has 0 radical (unpaired) electrons. The van der Waals surface area contributed by atoms with Crippen LogP contribution in [0.2, 0.25) is 0 Å². The normalized spacial score (nSPS) is 10.0. The summed E-state index contributed by atoms with van der Waals surface area (Å²) >= 11 is 1.40. The molecule has 5 nitrogen and oxygen atoms in total. The van der Waals surface area contributed by atoms with Gasteiger partial charge < -0.3 is 5.11 Å². The molecular formula is C10H7N3O2S. The van der Waals surface area contributed by atoms with Gasteiger partial charge in [0.25, 0.3) is 0 Å². The third-order valence-corrected chi connectivity index (χ3v) is 2.66. The molecule has 0 saturated carbocycles. The molecule has 1 N–H and O–H groups in total. The lowest BCUT2D eigenvalue weighted by Crippen LogP contribution is -1.98. The number of pyridine rings is 1. The van der Waals surface area contributed by atoms with Gasteiger partial charge in [0, 0.05) is 17.3 Å². The van der Waals surface area contributed by atoms with Crippen LogP contribution >= 0.6 is 11.8 Å². The second-order valence-electron chi connectivity index (χ2n) is 2.83. The van der Waals surface area contributed by atoms with E-state index in [4.69, 9.17) is 5.11 Å². The molecule has 2 rings (SSSR count). The molecule has 0 aromatic carbocycles. The zero-order valence-electron chi connectivity index (χ0n) is 8.07. The van der Waals surface area contributed by atoms with Gasteiger partial charge in [-0.15, -0.1) is 0 Å². The fraction of sp³-hybridized carbons (Fsp3) is 0. The molecule has 0 aliphatic carbocycles. The summed E-state index contributed by atoms with van der Waals surface area (Å²) in [5.74, 6) is -1.03. The Bertz CT molecular complexity index is 487. The van der Waals surface area contributed by atoms with Crippen molar-refractivity contribution in [2.24, 2.45) is 0 Å². The minimum Gasteiger partial charge on any atom is -0.477 e. The zero-order valence-corrected chi connectivity index (χ0v) is 8.89. The number of carboxylic acid groups (broad SMARTS) is 1. The highest BCUT2D eigenvalue weighted by Gasteiger charge is 2.04. The number of rotatable bonds is 3. The Hall–Kier alpha value is -1.95. The minimum absolute atomic E-state index is 0.0343. The van der Waals surface area contributed by atoms with E-state index in [0.29, 0.717) is 0 Å². The van der Waals surface area contributed by atoms with Gasteiger partial charge in [0.2, 0.25) is 0 Å². The van der Waals surface area contributed by atoms with Crippen molar-refractivity contribution in [3.8, 4) is 0 Å². The number of hydrogen-bond acceptors (Lipinski definition) is 5. The molecule has 16 heavy (non-hydrogen) atoms. The molecule has 2 aromatic heterocycles. The lowest BCUT2D eigenvalue weighted by atomic mass is 10.4. The largest absolute Gasteiger partial charge is 0.477 e. The summed E-state index contributed by atoms with van der Waals surface area (Å²) in [4.78, 5) is 23.1. The second kappa shape index (κ2) is 4.71. The van der Waals surface area contributed by atoms with Crippen LogP contribution in [0.1, 0.15) is 10.5 Å². The quantitative estimate of drug-likeness (QED) is 0.813. The summed E-state index contributed by atoms with van der Waals surface area (Å²) in [7, 11) is 0. The Morgan fingerprint density at radius 3 is 2.69 bits per heavy atom. The summed E-state index contributed by atoms with van der Waals surface area (Å²) in [6.45, 7) is 0. The number of carbonyl (C=O) groups is 1. The van der Waals surface area contributed by atoms with Crippen molar-refractivity contribution in [1.29, 1.82) is 0 Å². The summed E-state index contributed by atoms with van der Waals surface area (Å²) in [5, 5.41) is 9.47. The van der Waals surface area contributed by atoms with Crippen molar-refractivity contribution in [2.75, 3.05) is 0 Å². The van der Waals surface area contributed by atoms with Crippen molar-refractivity contribution in [2.45, 2.75) is 9.92 Å². The van der Waals surface area contributed by atoms with Crippen molar-refractivity contribution in [3.05, 3.63) is 42.6 Å². The van der Waals surface area contributed by atoms with Gasteiger partial charge >= 0.3 is 5.97 Å². The number of nitrogens with zero attached hydrogens (tertiary/aromatic N) is 3. The summed E-state index contributed by atoms with van der Waals surface area (Å²) in [6, 6.07) is 4.94. The van der Waals surface area contributed by atoms with Crippen LogP contribution in [0.3, 0.4) is 0 Å². The van der Waals surface area contributed by atoms with E-state index in [2.05, 4.69) is 15.0 Å². The molecule has 0 aliphatic rings. The lowest BCUT2D eigenvalue weighted by molar-refractivity contribution is 0.0690. The first-order valence-electron chi connectivity index (χ1n) is 4.39. The van der Waals surface area contributed by atoms with Crippen LogP contribution in [0.25, 0.3) is 0 Å². The van der Waals surface area contributed by atoms with Gasteiger partial charge in [-0.3, -0.25) is 0 Å². The van der Waals surface area contributed by atoms with E-state index in [-0.39, 0.29) is 5.69 Å². The van der Waals surface area contributed by atoms with Crippen LogP contribution in [0.4, 0.5) is 0 Å². The molecule has 0 spiro atoms. The molecule has 2 heterocycles. The molecule has 0 saturated heterocycles. The first-order valence-corrected chi connectivity index (χ1v) is 5.20. The topological polar surface area (TPSA) is 76.0 Å². The minimum atomic E-state index is -1.03. The van der Waals surface area contributed by atoms with Gasteiger partial charge in [0.1, 0.15) is 17.0 Å². The van der Waals surface area contributed by atoms with Crippen LogP contribution in [0, 0.1) is 0 Å². The first-order chi connectivity index (χ1) is 7.75. The maximum atomic E-state index is 10.6. The Kier molecular flexibility index (Phi) is 3.11. The highest BCUT2D eigenvalue weighted by molar-refractivity contribution is 7.99. The average Bonchev–Trinajstić information content (AvgIpc) is 2.31. The molecule has 0 unspecified atom stereocenters. The van der Waals surface area contributed by atoms with E-state index >= 15 is 0 Å². The fourth-order valence-electron chi connectivity index (χ4n) is 1.03. The third kappa shape index (κ3) is 2.54. The number of hydrogen-bond donors (Lipinski definition) is 1. The van der Waals surface area contributed by atoms with Gasteiger partial charge in [-0.05, 0) is 18.2 Å². The Morgan fingerprint density at radius 2 is 2.12 bits per heavy atom. The van der Waals surface area contributed by atoms with Crippen LogP contribution in [-0.4, -0.2) is 26.0 Å². The molecule has 0 fully saturated rings. The van der Waals surface area contributed by atoms with E-state index < -0.39 is 5.97 Å². The van der Waals surface area contributed by atoms with E-state index in [1.807, 2.05) is 0 Å². The summed E-state index contributed by atoms with van der Waals surface area (Å²) in [6.07, 6.45) is 4.62. The predicted octanol–water partition coefficient (Wildman–Crippen LogP) is 1.72. The monoisotopic (exact) mass is 233 g/mol. The predicted molar refractivity (Wildman–Crippen MR) is 57.4 cm³/mol. The van der Waals surface area contributed by atoms with Crippen LogP contribution in [0.15, 0.2) is 46.8 Å². The summed E-state index contributed by atoms with van der Waals surface area (Å²) < 4.78 is 0. The SMILES string of the molecule is O=C(O)c1ccc(Sc2ccncn2)cn1. The first kappa shape index (κ1) is 10.6. The Labute approximate surface area is 95.6 Å². The van der Waals surface area contributed by atoms with E-state index in [9.17, 15) is 4.79 Å². The Morgan fingerprint density at radius 1 is 1.25 bits per heavy atom. The molecule has 0 amide bonds. The van der Waals surface area contributed by atoms with Gasteiger partial charge in [-0.1, -0.05) is 11.8 Å². The van der Waals surface area contributed by atoms with Gasteiger partial charge in [0.05, 0.1) is 0 Å². The van der Waals surface area contributed by atoms with E-state index in [1.54, 1.807) is 18.3 Å². The summed E-state index contributed by atoms with van der Waals surface area (Å²) in [5.41, 5.74) is 0.0343. The van der Waals surface area contributed by atoms with Crippen LogP contribution in [-0.2, 0) is 0 Å². The Balaban J connectivity index is 2.14. The maximum absolute atomic E-state index is 10.6. The molecule has 80 valence electrons. The highest BCUT2D eigenvalue weighted by atomic mass is 32.2. The zero-order chi connectivity index (χ0) is 11.4. The van der Waals surface area contributed by atoms with Gasteiger partial charge in [-0.2, -0.15) is 0 Å². The van der Waals surface area contributed by atoms with E-state index in [0.717, 1.165) is 9.92 Å². The lowest BCUT2D eigenvalue weighted by Gasteiger charge is -1.99. The van der Waals surface area contributed by atoms with Gasteiger partial charge in [-0.25, -0.2) is 19.7 Å². The molecule has 0 bridgehead atoms. The molecular weight excluding hydrogens is 226 g/mol. The third-order valence-electron chi connectivity index (χ3n) is 1.73. The number of aromatic nitrogens is 3. The molecule has 0 aliphatic heterocycles. The standard InChI is InChI=1S/C10H7N3O2S/c14-10(15)8-2-1-7(5-12-8)16-9-3-4-11-6-13-9/h1-6H,(H,14,15). The smallest absolute Gasteiger partial charge is 0.354 e.